The Morgan fingerprint density at radius 1 is 1.39 bits per heavy atom. The topological polar surface area (TPSA) is 80.9 Å². The molecule has 1 aliphatic heterocycles. The van der Waals surface area contributed by atoms with Crippen molar-refractivity contribution >= 4 is 57.9 Å². The smallest absolute Gasteiger partial charge is 0.338 e. The van der Waals surface area contributed by atoms with Crippen molar-refractivity contribution in [1.29, 1.82) is 0 Å². The highest BCUT2D eigenvalue weighted by Crippen LogP contribution is 2.34. The Morgan fingerprint density at radius 2 is 2.16 bits per heavy atom. The number of rotatable bonds is 4. The number of aromatic hydroxyl groups is 1. The van der Waals surface area contributed by atoms with Gasteiger partial charge >= 0.3 is 5.97 Å². The van der Waals surface area contributed by atoms with E-state index in [1.165, 1.54) is 34.1 Å². The molecule has 0 radical (unpaired) electrons. The molecule has 0 amide bonds. The predicted octanol–water partition coefficient (Wildman–Crippen LogP) is 3.87. The Bertz CT molecular complexity index is 1390. The number of hydrogen-bond donors (Lipinski definition) is 1. The van der Waals surface area contributed by atoms with Crippen LogP contribution in [0.4, 0.5) is 0 Å². The molecule has 1 aliphatic rings. The molecule has 0 unspecified atom stereocenters. The first-order chi connectivity index (χ1) is 14.8. The fraction of sp³-hybridized carbons (Fsp3) is 0.190. The molecule has 0 aliphatic carbocycles. The number of benzene rings is 1. The van der Waals surface area contributed by atoms with Crippen LogP contribution in [0.1, 0.15) is 30.3 Å². The first-order valence-corrected chi connectivity index (χ1v) is 11.7. The largest absolute Gasteiger partial charge is 0.506 e. The third-order valence-corrected chi connectivity index (χ3v) is 7.09. The summed E-state index contributed by atoms with van der Waals surface area (Å²) in [7, 11) is 0. The SMILES string of the molecule is CCOC(=O)C1=C(C)N=c2s/c(=C\c3cc(Cl)cc(Cl)c3O)c(=O)n2[C@H]1c1cccs1. The lowest BCUT2D eigenvalue weighted by atomic mass is 10.0. The zero-order chi connectivity index (χ0) is 22.3. The standard InChI is InChI=1S/C21H16Cl2N2O4S2/c1-3-29-20(28)16-10(2)24-21-25(17(16)14-5-4-6-30-14)19(27)15(31-21)8-11-7-12(22)9-13(23)18(11)26/h4-9,17,26H,3H2,1-2H3/b15-8-/t17-/m0/s1. The maximum Gasteiger partial charge on any atom is 0.338 e. The van der Waals surface area contributed by atoms with Gasteiger partial charge in [0.05, 0.1) is 27.4 Å². The number of ether oxygens (including phenoxy) is 1. The second kappa shape index (κ2) is 8.63. The van der Waals surface area contributed by atoms with Gasteiger partial charge in [0.15, 0.2) is 4.80 Å². The van der Waals surface area contributed by atoms with E-state index < -0.39 is 12.0 Å². The number of carbonyl (C=O) groups is 1. The van der Waals surface area contributed by atoms with Gasteiger partial charge in [-0.25, -0.2) is 9.79 Å². The van der Waals surface area contributed by atoms with Crippen LogP contribution in [0, 0.1) is 0 Å². The summed E-state index contributed by atoms with van der Waals surface area (Å²) in [5.41, 5.74) is 0.805. The van der Waals surface area contributed by atoms with E-state index in [2.05, 4.69) is 4.99 Å². The van der Waals surface area contributed by atoms with Crippen molar-refractivity contribution in [3.05, 3.63) is 81.1 Å². The third kappa shape index (κ3) is 3.96. The molecule has 0 spiro atoms. The molecule has 0 saturated carbocycles. The quantitative estimate of drug-likeness (QED) is 0.558. The van der Waals surface area contributed by atoms with E-state index in [1.54, 1.807) is 13.8 Å². The van der Waals surface area contributed by atoms with Crippen LogP contribution in [0.25, 0.3) is 6.08 Å². The maximum absolute atomic E-state index is 13.4. The zero-order valence-corrected chi connectivity index (χ0v) is 19.5. The summed E-state index contributed by atoms with van der Waals surface area (Å²) in [6.45, 7) is 3.67. The Kier molecular flexibility index (Phi) is 6.07. The number of phenolic OH excluding ortho intramolecular Hbond substituents is 1. The number of thiophene rings is 1. The zero-order valence-electron chi connectivity index (χ0n) is 16.4. The number of hydrogen-bond acceptors (Lipinski definition) is 7. The summed E-state index contributed by atoms with van der Waals surface area (Å²) in [4.78, 5) is 31.9. The summed E-state index contributed by atoms with van der Waals surface area (Å²) >= 11 is 14.7. The fourth-order valence-electron chi connectivity index (χ4n) is 3.34. The van der Waals surface area contributed by atoms with Crippen LogP contribution in [0.5, 0.6) is 5.75 Å². The van der Waals surface area contributed by atoms with Gasteiger partial charge in [0.25, 0.3) is 5.56 Å². The number of phenols is 1. The molecule has 10 heteroatoms. The summed E-state index contributed by atoms with van der Waals surface area (Å²) in [6.07, 6.45) is 1.52. The third-order valence-electron chi connectivity index (χ3n) is 4.67. The van der Waals surface area contributed by atoms with Gasteiger partial charge in [-0.15, -0.1) is 11.3 Å². The van der Waals surface area contributed by atoms with Gasteiger partial charge in [-0.1, -0.05) is 40.6 Å². The van der Waals surface area contributed by atoms with Gasteiger partial charge in [-0.2, -0.15) is 0 Å². The van der Waals surface area contributed by atoms with Crippen LogP contribution in [0.2, 0.25) is 10.0 Å². The maximum atomic E-state index is 13.4. The van der Waals surface area contributed by atoms with Gasteiger partial charge in [-0.05, 0) is 43.5 Å². The molecule has 3 aromatic rings. The minimum Gasteiger partial charge on any atom is -0.506 e. The lowest BCUT2D eigenvalue weighted by Gasteiger charge is -2.23. The molecule has 0 fully saturated rings. The van der Waals surface area contributed by atoms with Gasteiger partial charge in [0.2, 0.25) is 0 Å². The number of allylic oxidation sites excluding steroid dienone is 1. The molecule has 0 saturated heterocycles. The van der Waals surface area contributed by atoms with E-state index in [-0.39, 0.29) is 22.9 Å². The van der Waals surface area contributed by atoms with Crippen LogP contribution >= 0.6 is 45.9 Å². The van der Waals surface area contributed by atoms with Crippen molar-refractivity contribution < 1.29 is 14.6 Å². The molecule has 6 nitrogen and oxygen atoms in total. The van der Waals surface area contributed by atoms with E-state index in [0.29, 0.717) is 31.2 Å². The van der Waals surface area contributed by atoms with Crippen molar-refractivity contribution in [2.75, 3.05) is 6.61 Å². The second-order valence-electron chi connectivity index (χ2n) is 6.64. The average molecular weight is 495 g/mol. The van der Waals surface area contributed by atoms with Crippen LogP contribution < -0.4 is 14.9 Å². The summed E-state index contributed by atoms with van der Waals surface area (Å²) in [6, 6.07) is 6.03. The Balaban J connectivity index is 1.97. The number of fused-ring (bicyclic) bond motifs is 1. The van der Waals surface area contributed by atoms with Crippen LogP contribution in [0.15, 0.2) is 50.7 Å². The van der Waals surface area contributed by atoms with E-state index >= 15 is 0 Å². The molecule has 1 aromatic carbocycles. The average Bonchev–Trinajstić information content (AvgIpc) is 3.34. The number of carbonyl (C=O) groups excluding carboxylic acids is 1. The molecule has 4 rings (SSSR count). The van der Waals surface area contributed by atoms with Gasteiger partial charge in [-0.3, -0.25) is 9.36 Å². The Hall–Kier alpha value is -2.39. The molecule has 3 heterocycles. The highest BCUT2D eigenvalue weighted by atomic mass is 35.5. The van der Waals surface area contributed by atoms with Crippen molar-refractivity contribution in [3.63, 3.8) is 0 Å². The number of esters is 1. The highest BCUT2D eigenvalue weighted by molar-refractivity contribution is 7.10. The predicted molar refractivity (Wildman–Crippen MR) is 123 cm³/mol. The molecule has 2 aromatic heterocycles. The van der Waals surface area contributed by atoms with Crippen molar-refractivity contribution in [1.82, 2.24) is 4.57 Å². The van der Waals surface area contributed by atoms with Crippen molar-refractivity contribution in [2.24, 2.45) is 4.99 Å². The normalized spacial score (nSPS) is 16.3. The number of halogens is 2. The van der Waals surface area contributed by atoms with Gasteiger partial charge in [0.1, 0.15) is 11.8 Å². The molecule has 160 valence electrons. The second-order valence-corrected chi connectivity index (χ2v) is 9.48. The summed E-state index contributed by atoms with van der Waals surface area (Å²) < 4.78 is 7.06. The molecule has 0 bridgehead atoms. The minimum absolute atomic E-state index is 0.0865. The monoisotopic (exact) mass is 494 g/mol. The number of thiazole rings is 1. The molecule has 1 atom stereocenters. The van der Waals surface area contributed by atoms with Crippen LogP contribution in [-0.4, -0.2) is 22.2 Å². The van der Waals surface area contributed by atoms with Crippen LogP contribution in [0.3, 0.4) is 0 Å². The Labute approximate surface area is 195 Å². The van der Waals surface area contributed by atoms with E-state index in [1.807, 2.05) is 17.5 Å². The van der Waals surface area contributed by atoms with E-state index in [4.69, 9.17) is 27.9 Å². The number of aromatic nitrogens is 1. The summed E-state index contributed by atoms with van der Waals surface area (Å²) in [5.74, 6) is -0.675. The molecule has 31 heavy (non-hydrogen) atoms. The minimum atomic E-state index is -0.644. The molecule has 1 N–H and O–H groups in total. The Morgan fingerprint density at radius 3 is 2.84 bits per heavy atom. The first-order valence-electron chi connectivity index (χ1n) is 9.23. The summed E-state index contributed by atoms with van der Waals surface area (Å²) in [5, 5.41) is 12.6. The fourth-order valence-corrected chi connectivity index (χ4v) is 5.71. The number of nitrogens with zero attached hydrogens (tertiary/aromatic N) is 2. The van der Waals surface area contributed by atoms with Gasteiger partial charge in [0, 0.05) is 15.5 Å². The first kappa shape index (κ1) is 21.8. The molecular formula is C21H16Cl2N2O4S2. The lowest BCUT2D eigenvalue weighted by molar-refractivity contribution is -0.139. The van der Waals surface area contributed by atoms with E-state index in [9.17, 15) is 14.7 Å². The molecular weight excluding hydrogens is 479 g/mol. The van der Waals surface area contributed by atoms with Crippen molar-refractivity contribution in [3.8, 4) is 5.75 Å². The highest BCUT2D eigenvalue weighted by Gasteiger charge is 2.33. The van der Waals surface area contributed by atoms with Crippen LogP contribution in [-0.2, 0) is 9.53 Å². The van der Waals surface area contributed by atoms with Crippen molar-refractivity contribution in [2.45, 2.75) is 19.9 Å². The van der Waals surface area contributed by atoms with Gasteiger partial charge < -0.3 is 9.84 Å². The van der Waals surface area contributed by atoms with E-state index in [0.717, 1.165) is 16.2 Å². The lowest BCUT2D eigenvalue weighted by Crippen LogP contribution is -2.39.